The SMILES string of the molecule is O=C(Cc1ccsc1)N1CCC(O)(CN2CCC(F)(F)CC2)C1. The van der Waals surface area contributed by atoms with Gasteiger partial charge in [0.2, 0.25) is 5.91 Å². The molecule has 1 N–H and O–H groups in total. The Labute approximate surface area is 138 Å². The molecule has 2 aliphatic heterocycles. The summed E-state index contributed by atoms with van der Waals surface area (Å²) in [4.78, 5) is 15.9. The molecule has 2 fully saturated rings. The second kappa shape index (κ2) is 6.45. The topological polar surface area (TPSA) is 43.8 Å². The first-order chi connectivity index (χ1) is 10.9. The summed E-state index contributed by atoms with van der Waals surface area (Å²) in [6.07, 6.45) is 0.568. The van der Waals surface area contributed by atoms with Crippen LogP contribution in [0, 0.1) is 0 Å². The number of amides is 1. The van der Waals surface area contributed by atoms with Gasteiger partial charge in [0.05, 0.1) is 18.6 Å². The van der Waals surface area contributed by atoms with Gasteiger partial charge in [-0.1, -0.05) is 0 Å². The maximum absolute atomic E-state index is 13.2. The van der Waals surface area contributed by atoms with E-state index in [1.165, 1.54) is 0 Å². The molecule has 128 valence electrons. The van der Waals surface area contributed by atoms with Gasteiger partial charge in [-0.25, -0.2) is 8.78 Å². The van der Waals surface area contributed by atoms with Crippen LogP contribution in [0.2, 0.25) is 0 Å². The number of likely N-dealkylation sites (tertiary alicyclic amines) is 2. The van der Waals surface area contributed by atoms with Crippen LogP contribution in [0.4, 0.5) is 8.78 Å². The number of carbonyl (C=O) groups excluding carboxylic acids is 1. The first-order valence-corrected chi connectivity index (χ1v) is 8.91. The molecule has 3 heterocycles. The van der Waals surface area contributed by atoms with Crippen molar-refractivity contribution in [3.05, 3.63) is 22.4 Å². The highest BCUT2D eigenvalue weighted by Gasteiger charge is 2.41. The molecule has 1 atom stereocenters. The lowest BCUT2D eigenvalue weighted by Crippen LogP contribution is -2.49. The van der Waals surface area contributed by atoms with Crippen molar-refractivity contribution in [1.82, 2.24) is 9.80 Å². The second-order valence-electron chi connectivity index (χ2n) is 6.73. The number of rotatable bonds is 4. The molecular weight excluding hydrogens is 322 g/mol. The lowest BCUT2D eigenvalue weighted by atomic mass is 10.00. The third-order valence-corrected chi connectivity index (χ3v) is 5.46. The van der Waals surface area contributed by atoms with Gasteiger partial charge in [-0.05, 0) is 28.8 Å². The number of hydrogen-bond acceptors (Lipinski definition) is 4. The first-order valence-electron chi connectivity index (χ1n) is 7.97. The quantitative estimate of drug-likeness (QED) is 0.908. The smallest absolute Gasteiger partial charge is 0.250 e. The fourth-order valence-corrected chi connectivity index (χ4v) is 4.00. The third-order valence-electron chi connectivity index (χ3n) is 4.73. The van der Waals surface area contributed by atoms with Gasteiger partial charge in [-0.15, -0.1) is 0 Å². The van der Waals surface area contributed by atoms with Gasteiger partial charge in [0, 0.05) is 39.0 Å². The fourth-order valence-electron chi connectivity index (χ4n) is 3.33. The van der Waals surface area contributed by atoms with E-state index in [0.717, 1.165) is 5.56 Å². The molecule has 1 aromatic rings. The molecule has 4 nitrogen and oxygen atoms in total. The lowest BCUT2D eigenvalue weighted by molar-refractivity contribution is -0.130. The zero-order valence-corrected chi connectivity index (χ0v) is 13.8. The lowest BCUT2D eigenvalue weighted by Gasteiger charge is -2.36. The summed E-state index contributed by atoms with van der Waals surface area (Å²) in [6, 6.07) is 1.93. The van der Waals surface area contributed by atoms with Gasteiger partial charge >= 0.3 is 0 Å². The molecule has 0 bridgehead atoms. The number of nitrogens with zero attached hydrogens (tertiary/aromatic N) is 2. The highest BCUT2D eigenvalue weighted by molar-refractivity contribution is 7.07. The Bertz CT molecular complexity index is 542. The molecule has 1 amide bonds. The summed E-state index contributed by atoms with van der Waals surface area (Å²) in [5.74, 6) is -2.55. The van der Waals surface area contributed by atoms with Gasteiger partial charge in [0.25, 0.3) is 5.92 Å². The van der Waals surface area contributed by atoms with Crippen molar-refractivity contribution >= 4 is 17.2 Å². The van der Waals surface area contributed by atoms with E-state index < -0.39 is 11.5 Å². The Morgan fingerprint density at radius 2 is 2.00 bits per heavy atom. The van der Waals surface area contributed by atoms with Crippen molar-refractivity contribution in [2.45, 2.75) is 37.2 Å². The molecule has 3 rings (SSSR count). The predicted octanol–water partition coefficient (Wildman–Crippen LogP) is 1.99. The third kappa shape index (κ3) is 4.28. The molecule has 0 aliphatic carbocycles. The normalized spacial score (nSPS) is 28.2. The number of alkyl halides is 2. The zero-order valence-electron chi connectivity index (χ0n) is 13.0. The van der Waals surface area contributed by atoms with Crippen LogP contribution in [-0.4, -0.2) is 65.1 Å². The Morgan fingerprint density at radius 1 is 1.26 bits per heavy atom. The average Bonchev–Trinajstić information content (AvgIpc) is 3.11. The molecule has 0 aromatic carbocycles. The Kier molecular flexibility index (Phi) is 4.71. The van der Waals surface area contributed by atoms with E-state index >= 15 is 0 Å². The number of piperidine rings is 1. The second-order valence-corrected chi connectivity index (χ2v) is 7.51. The Morgan fingerprint density at radius 3 is 2.65 bits per heavy atom. The van der Waals surface area contributed by atoms with Crippen LogP contribution in [0.25, 0.3) is 0 Å². The molecule has 0 radical (unpaired) electrons. The van der Waals surface area contributed by atoms with Crippen LogP contribution in [0.1, 0.15) is 24.8 Å². The molecule has 0 spiro atoms. The summed E-state index contributed by atoms with van der Waals surface area (Å²) in [5, 5.41) is 14.6. The number of carbonyl (C=O) groups is 1. The summed E-state index contributed by atoms with van der Waals surface area (Å²) >= 11 is 1.56. The maximum Gasteiger partial charge on any atom is 0.250 e. The van der Waals surface area contributed by atoms with Crippen molar-refractivity contribution < 1.29 is 18.7 Å². The van der Waals surface area contributed by atoms with Crippen molar-refractivity contribution in [3.63, 3.8) is 0 Å². The number of thiophene rings is 1. The zero-order chi connectivity index (χ0) is 16.5. The molecule has 1 aromatic heterocycles. The number of halogens is 2. The van der Waals surface area contributed by atoms with Gasteiger partial charge in [-0.2, -0.15) is 11.3 Å². The fraction of sp³-hybridized carbons (Fsp3) is 0.688. The maximum atomic E-state index is 13.2. The summed E-state index contributed by atoms with van der Waals surface area (Å²) in [7, 11) is 0. The van der Waals surface area contributed by atoms with Crippen molar-refractivity contribution in [1.29, 1.82) is 0 Å². The van der Waals surface area contributed by atoms with Crippen molar-refractivity contribution in [2.24, 2.45) is 0 Å². The molecule has 23 heavy (non-hydrogen) atoms. The molecular formula is C16H22F2N2O2S. The van der Waals surface area contributed by atoms with E-state index in [4.69, 9.17) is 0 Å². The monoisotopic (exact) mass is 344 g/mol. The largest absolute Gasteiger partial charge is 0.387 e. The Hall–Kier alpha value is -1.05. The van der Waals surface area contributed by atoms with Crippen LogP contribution < -0.4 is 0 Å². The van der Waals surface area contributed by atoms with E-state index in [1.54, 1.807) is 16.2 Å². The predicted molar refractivity (Wildman–Crippen MR) is 84.8 cm³/mol. The van der Waals surface area contributed by atoms with Crippen LogP contribution in [0.5, 0.6) is 0 Å². The molecule has 2 aliphatic rings. The minimum atomic E-state index is -2.57. The number of aliphatic hydroxyl groups is 1. The van der Waals surface area contributed by atoms with Gasteiger partial charge in [-0.3, -0.25) is 9.69 Å². The van der Waals surface area contributed by atoms with Crippen LogP contribution in [-0.2, 0) is 11.2 Å². The number of β-amino-alcohol motifs (C(OH)–C–C–N with tert-alkyl or cyclic N) is 1. The highest BCUT2D eigenvalue weighted by atomic mass is 32.1. The average molecular weight is 344 g/mol. The van der Waals surface area contributed by atoms with Gasteiger partial charge < -0.3 is 10.0 Å². The van der Waals surface area contributed by atoms with E-state index in [0.29, 0.717) is 45.6 Å². The highest BCUT2D eigenvalue weighted by Crippen LogP contribution is 2.30. The molecule has 7 heteroatoms. The van der Waals surface area contributed by atoms with E-state index in [-0.39, 0.29) is 18.7 Å². The summed E-state index contributed by atoms with van der Waals surface area (Å²) < 4.78 is 26.4. The standard InChI is InChI=1S/C16H22F2N2O2S/c17-16(18)3-5-19(6-4-16)11-15(22)2-7-20(12-15)14(21)9-13-1-8-23-10-13/h1,8,10,22H,2-7,9,11-12H2. The summed E-state index contributed by atoms with van der Waals surface area (Å²) in [5.41, 5.74) is 0.0189. The van der Waals surface area contributed by atoms with Gasteiger partial charge in [0.1, 0.15) is 0 Å². The van der Waals surface area contributed by atoms with Crippen LogP contribution >= 0.6 is 11.3 Å². The van der Waals surface area contributed by atoms with Crippen molar-refractivity contribution in [2.75, 3.05) is 32.7 Å². The van der Waals surface area contributed by atoms with Gasteiger partial charge in [0.15, 0.2) is 0 Å². The van der Waals surface area contributed by atoms with Crippen LogP contribution in [0.3, 0.4) is 0 Å². The summed E-state index contributed by atoms with van der Waals surface area (Å²) in [6.45, 7) is 1.80. The number of hydrogen-bond donors (Lipinski definition) is 1. The van der Waals surface area contributed by atoms with E-state index in [2.05, 4.69) is 0 Å². The molecule has 1 unspecified atom stereocenters. The van der Waals surface area contributed by atoms with Crippen LogP contribution in [0.15, 0.2) is 16.8 Å². The molecule has 2 saturated heterocycles. The molecule has 0 saturated carbocycles. The Balaban J connectivity index is 1.50. The first kappa shape index (κ1) is 16.8. The minimum absolute atomic E-state index is 0.0181. The van der Waals surface area contributed by atoms with Crippen molar-refractivity contribution in [3.8, 4) is 0 Å². The minimum Gasteiger partial charge on any atom is -0.387 e. The van der Waals surface area contributed by atoms with E-state index in [9.17, 15) is 18.7 Å². The van der Waals surface area contributed by atoms with E-state index in [1.807, 2.05) is 21.7 Å².